The van der Waals surface area contributed by atoms with Gasteiger partial charge in [0.15, 0.2) is 5.78 Å². The highest BCUT2D eigenvalue weighted by Gasteiger charge is 2.35. The Morgan fingerprint density at radius 1 is 0.912 bits per heavy atom. The summed E-state index contributed by atoms with van der Waals surface area (Å²) >= 11 is 1.13. The van der Waals surface area contributed by atoms with Crippen LogP contribution >= 0.6 is 11.8 Å². The molecule has 0 spiro atoms. The van der Waals surface area contributed by atoms with Gasteiger partial charge in [-0.1, -0.05) is 65.7 Å². The molecule has 0 aliphatic heterocycles. The Morgan fingerprint density at radius 2 is 1.50 bits per heavy atom. The van der Waals surface area contributed by atoms with Gasteiger partial charge in [0.2, 0.25) is 5.78 Å². The van der Waals surface area contributed by atoms with Gasteiger partial charge in [-0.15, -0.1) is 11.8 Å². The van der Waals surface area contributed by atoms with Crippen LogP contribution in [0.15, 0.2) is 23.1 Å². The standard InChI is InChI=1S/C27H38O6S/c1-6-7-8-9-10-11-12-13-22(27(30)33-17-18(2)3)34-23-16-19(28)24-20(31-4)14-15-21(32-5)25(24)26(23)29/h14-16,18,22H,6-13,17H2,1-5H3. The highest BCUT2D eigenvalue weighted by atomic mass is 32.2. The van der Waals surface area contributed by atoms with Crippen molar-refractivity contribution in [1.29, 1.82) is 0 Å². The number of fused-ring (bicyclic) bond motifs is 1. The topological polar surface area (TPSA) is 78.9 Å². The molecule has 1 aliphatic rings. The third kappa shape index (κ3) is 7.62. The Balaban J connectivity index is 2.17. The first-order valence-corrected chi connectivity index (χ1v) is 13.1. The van der Waals surface area contributed by atoms with Gasteiger partial charge in [-0.2, -0.15) is 0 Å². The molecule has 1 atom stereocenters. The minimum Gasteiger partial charge on any atom is -0.496 e. The molecule has 188 valence electrons. The molecule has 2 rings (SSSR count). The van der Waals surface area contributed by atoms with Crippen molar-refractivity contribution < 1.29 is 28.6 Å². The third-order valence-electron chi connectivity index (χ3n) is 5.69. The second-order valence-electron chi connectivity index (χ2n) is 8.96. The number of carbonyl (C=O) groups is 3. The zero-order chi connectivity index (χ0) is 25.1. The summed E-state index contributed by atoms with van der Waals surface area (Å²) in [5, 5.41) is -0.546. The van der Waals surface area contributed by atoms with Crippen molar-refractivity contribution in [2.75, 3.05) is 20.8 Å². The Bertz CT molecular complexity index is 889. The van der Waals surface area contributed by atoms with Gasteiger partial charge in [-0.3, -0.25) is 14.4 Å². The molecule has 0 fully saturated rings. The van der Waals surface area contributed by atoms with E-state index in [4.69, 9.17) is 14.2 Å². The summed E-state index contributed by atoms with van der Waals surface area (Å²) in [4.78, 5) is 39.4. The van der Waals surface area contributed by atoms with Gasteiger partial charge >= 0.3 is 5.97 Å². The first kappa shape index (κ1) is 28.0. The predicted molar refractivity (Wildman–Crippen MR) is 136 cm³/mol. The molecule has 1 aromatic rings. The molecular weight excluding hydrogens is 452 g/mol. The summed E-state index contributed by atoms with van der Waals surface area (Å²) in [6.07, 6.45) is 9.81. The van der Waals surface area contributed by atoms with Gasteiger partial charge in [-0.05, 0) is 24.5 Å². The maximum Gasteiger partial charge on any atom is 0.319 e. The summed E-state index contributed by atoms with van der Waals surface area (Å²) in [7, 11) is 2.91. The van der Waals surface area contributed by atoms with Crippen LogP contribution in [0.1, 0.15) is 92.9 Å². The van der Waals surface area contributed by atoms with Gasteiger partial charge in [0, 0.05) is 6.08 Å². The zero-order valence-corrected chi connectivity index (χ0v) is 21.9. The molecule has 1 aliphatic carbocycles. The second kappa shape index (κ2) is 14.2. The minimum absolute atomic E-state index is 0.182. The molecule has 0 saturated heterocycles. The van der Waals surface area contributed by atoms with Gasteiger partial charge in [0.05, 0.1) is 36.9 Å². The van der Waals surface area contributed by atoms with E-state index < -0.39 is 5.25 Å². The van der Waals surface area contributed by atoms with Crippen LogP contribution in [-0.4, -0.2) is 43.6 Å². The number of allylic oxidation sites excluding steroid dienone is 2. The second-order valence-corrected chi connectivity index (χ2v) is 10.2. The number of methoxy groups -OCH3 is 2. The van der Waals surface area contributed by atoms with E-state index in [0.717, 1.165) is 31.0 Å². The number of hydrogen-bond acceptors (Lipinski definition) is 7. The van der Waals surface area contributed by atoms with Crippen molar-refractivity contribution in [2.45, 2.75) is 77.4 Å². The van der Waals surface area contributed by atoms with Crippen molar-refractivity contribution in [3.05, 3.63) is 34.2 Å². The zero-order valence-electron chi connectivity index (χ0n) is 21.1. The summed E-state index contributed by atoms with van der Waals surface area (Å²) in [6.45, 7) is 6.48. The Labute approximate surface area is 207 Å². The van der Waals surface area contributed by atoms with Crippen molar-refractivity contribution in [2.24, 2.45) is 5.92 Å². The van der Waals surface area contributed by atoms with Crippen LogP contribution in [0.3, 0.4) is 0 Å². The Kier molecular flexibility index (Phi) is 11.7. The van der Waals surface area contributed by atoms with Crippen molar-refractivity contribution in [3.63, 3.8) is 0 Å². The van der Waals surface area contributed by atoms with Gasteiger partial charge in [-0.25, -0.2) is 0 Å². The number of unbranched alkanes of at least 4 members (excludes halogenated alkanes) is 6. The van der Waals surface area contributed by atoms with Crippen LogP contribution in [0.25, 0.3) is 0 Å². The SMILES string of the molecule is CCCCCCCCCC(SC1=CC(=O)c2c(OC)ccc(OC)c2C1=O)C(=O)OCC(C)C. The maximum atomic E-state index is 13.4. The normalized spacial score (nSPS) is 14.0. The summed E-state index contributed by atoms with van der Waals surface area (Å²) in [5.41, 5.74) is 0.379. The molecule has 0 aromatic heterocycles. The fourth-order valence-corrected chi connectivity index (χ4v) is 4.99. The highest BCUT2D eigenvalue weighted by Crippen LogP contribution is 2.40. The molecule has 0 heterocycles. The number of esters is 1. The summed E-state index contributed by atoms with van der Waals surface area (Å²) in [5.74, 6) is -0.158. The van der Waals surface area contributed by atoms with Crippen LogP contribution in [0.2, 0.25) is 0 Å². The number of rotatable bonds is 15. The van der Waals surface area contributed by atoms with Crippen LogP contribution in [0.4, 0.5) is 0 Å². The largest absolute Gasteiger partial charge is 0.496 e. The lowest BCUT2D eigenvalue weighted by atomic mass is 9.93. The Hall–Kier alpha value is -2.28. The molecule has 1 aromatic carbocycles. The number of ketones is 2. The van der Waals surface area contributed by atoms with Gasteiger partial charge < -0.3 is 14.2 Å². The molecule has 6 nitrogen and oxygen atoms in total. The molecular formula is C27H38O6S. The van der Waals surface area contributed by atoms with Crippen LogP contribution < -0.4 is 9.47 Å². The van der Waals surface area contributed by atoms with Crippen molar-refractivity contribution in [3.8, 4) is 11.5 Å². The van der Waals surface area contributed by atoms with Gasteiger partial charge in [0.25, 0.3) is 0 Å². The molecule has 7 heteroatoms. The number of Topliss-reactive ketones (excluding diaryl/α,β-unsaturated/α-hetero) is 1. The quantitative estimate of drug-likeness (QED) is 0.208. The average molecular weight is 491 g/mol. The molecule has 0 saturated carbocycles. The number of carbonyl (C=O) groups excluding carboxylic acids is 3. The molecule has 0 N–H and O–H groups in total. The first-order valence-electron chi connectivity index (χ1n) is 12.2. The van der Waals surface area contributed by atoms with E-state index >= 15 is 0 Å². The van der Waals surface area contributed by atoms with Crippen molar-refractivity contribution >= 4 is 29.3 Å². The lowest BCUT2D eigenvalue weighted by Gasteiger charge is -2.22. The lowest BCUT2D eigenvalue weighted by molar-refractivity contribution is -0.144. The first-order chi connectivity index (χ1) is 16.3. The smallest absolute Gasteiger partial charge is 0.319 e. The number of thioether (sulfide) groups is 1. The van der Waals surface area contributed by atoms with E-state index in [2.05, 4.69) is 6.92 Å². The van der Waals surface area contributed by atoms with Crippen molar-refractivity contribution in [1.82, 2.24) is 0 Å². The van der Waals surface area contributed by atoms with Gasteiger partial charge in [0.1, 0.15) is 16.7 Å². The maximum absolute atomic E-state index is 13.4. The fraction of sp³-hybridized carbons (Fsp3) is 0.593. The molecule has 0 radical (unpaired) electrons. The fourth-order valence-electron chi connectivity index (χ4n) is 3.85. The molecule has 1 unspecified atom stereocenters. The van der Waals surface area contributed by atoms with Crippen LogP contribution in [0, 0.1) is 5.92 Å². The average Bonchev–Trinajstić information content (AvgIpc) is 2.83. The molecule has 34 heavy (non-hydrogen) atoms. The molecule has 0 bridgehead atoms. The van der Waals surface area contributed by atoms with E-state index in [9.17, 15) is 14.4 Å². The van der Waals surface area contributed by atoms with Crippen LogP contribution in [-0.2, 0) is 9.53 Å². The third-order valence-corrected chi connectivity index (χ3v) is 6.96. The summed E-state index contributed by atoms with van der Waals surface area (Å²) in [6, 6.07) is 3.23. The Morgan fingerprint density at radius 3 is 2.09 bits per heavy atom. The monoisotopic (exact) mass is 490 g/mol. The number of benzene rings is 1. The number of hydrogen-bond donors (Lipinski definition) is 0. The van der Waals surface area contributed by atoms with E-state index in [1.54, 1.807) is 12.1 Å². The van der Waals surface area contributed by atoms with E-state index in [-0.39, 0.29) is 39.5 Å². The lowest BCUT2D eigenvalue weighted by Crippen LogP contribution is -2.25. The summed E-state index contributed by atoms with van der Waals surface area (Å²) < 4.78 is 16.2. The number of ether oxygens (including phenoxy) is 3. The minimum atomic E-state index is -0.546. The predicted octanol–water partition coefficient (Wildman–Crippen LogP) is 6.41. The highest BCUT2D eigenvalue weighted by molar-refractivity contribution is 8.05. The van der Waals surface area contributed by atoms with Crippen LogP contribution in [0.5, 0.6) is 11.5 Å². The molecule has 0 amide bonds. The van der Waals surface area contributed by atoms with E-state index in [1.807, 2.05) is 13.8 Å². The van der Waals surface area contributed by atoms with E-state index in [1.165, 1.54) is 46.0 Å². The van der Waals surface area contributed by atoms with E-state index in [0.29, 0.717) is 24.5 Å².